The Morgan fingerprint density at radius 2 is 2.18 bits per heavy atom. The lowest BCUT2D eigenvalue weighted by atomic mass is 9.73. The highest BCUT2D eigenvalue weighted by atomic mass is 16.5. The van der Waals surface area contributed by atoms with Gasteiger partial charge in [-0.2, -0.15) is 0 Å². The monoisotopic (exact) mass is 239 g/mol. The van der Waals surface area contributed by atoms with Crippen LogP contribution in [0, 0.1) is 5.92 Å². The normalized spacial score (nSPS) is 41.6. The molecule has 98 valence electrons. The Kier molecular flexibility index (Phi) is 3.18. The SMILES string of the molecule is CC1CCN(C2CCOC3(CCC3)C2)C1CO. The van der Waals surface area contributed by atoms with E-state index in [1.54, 1.807) is 0 Å². The molecule has 0 aromatic heterocycles. The third-order valence-corrected chi connectivity index (χ3v) is 5.31. The van der Waals surface area contributed by atoms with Crippen molar-refractivity contribution in [1.29, 1.82) is 0 Å². The van der Waals surface area contributed by atoms with Crippen molar-refractivity contribution in [2.24, 2.45) is 5.92 Å². The zero-order valence-electron chi connectivity index (χ0n) is 10.9. The predicted molar refractivity (Wildman–Crippen MR) is 66.9 cm³/mol. The van der Waals surface area contributed by atoms with Gasteiger partial charge in [-0.3, -0.25) is 4.90 Å². The highest BCUT2D eigenvalue weighted by molar-refractivity contribution is 4.99. The van der Waals surface area contributed by atoms with Gasteiger partial charge in [-0.15, -0.1) is 0 Å². The summed E-state index contributed by atoms with van der Waals surface area (Å²) in [5.74, 6) is 0.653. The van der Waals surface area contributed by atoms with Crippen LogP contribution in [0.25, 0.3) is 0 Å². The number of likely N-dealkylation sites (tertiary alicyclic amines) is 1. The first-order valence-corrected chi connectivity index (χ1v) is 7.25. The van der Waals surface area contributed by atoms with Crippen LogP contribution < -0.4 is 0 Å². The zero-order valence-corrected chi connectivity index (χ0v) is 10.9. The number of nitrogens with zero attached hydrogens (tertiary/aromatic N) is 1. The fourth-order valence-corrected chi connectivity index (χ4v) is 3.98. The summed E-state index contributed by atoms with van der Waals surface area (Å²) in [6, 6.07) is 1.06. The summed E-state index contributed by atoms with van der Waals surface area (Å²) < 4.78 is 6.00. The standard InChI is InChI=1S/C14H25NO2/c1-11-3-7-15(13(11)10-16)12-4-8-17-14(9-12)5-2-6-14/h11-13,16H,2-10H2,1H3. The van der Waals surface area contributed by atoms with Crippen LogP contribution in [0.4, 0.5) is 0 Å². The van der Waals surface area contributed by atoms with Crippen LogP contribution in [0.2, 0.25) is 0 Å². The van der Waals surface area contributed by atoms with E-state index in [4.69, 9.17) is 4.74 Å². The van der Waals surface area contributed by atoms with Crippen LogP contribution in [0.5, 0.6) is 0 Å². The van der Waals surface area contributed by atoms with E-state index in [1.165, 1.54) is 38.6 Å². The molecular weight excluding hydrogens is 214 g/mol. The second kappa shape index (κ2) is 4.52. The van der Waals surface area contributed by atoms with Gasteiger partial charge in [0.05, 0.1) is 12.2 Å². The Morgan fingerprint density at radius 3 is 2.82 bits per heavy atom. The molecule has 2 aliphatic heterocycles. The Labute approximate surface area is 104 Å². The molecule has 1 N–H and O–H groups in total. The average molecular weight is 239 g/mol. The van der Waals surface area contributed by atoms with Crippen LogP contribution in [-0.4, -0.2) is 47.4 Å². The number of aliphatic hydroxyl groups excluding tert-OH is 1. The van der Waals surface area contributed by atoms with Gasteiger partial charge in [0.2, 0.25) is 0 Å². The molecule has 3 aliphatic rings. The molecule has 2 heterocycles. The Hall–Kier alpha value is -0.120. The van der Waals surface area contributed by atoms with Crippen molar-refractivity contribution in [2.75, 3.05) is 19.8 Å². The first-order valence-electron chi connectivity index (χ1n) is 7.25. The summed E-state index contributed by atoms with van der Waals surface area (Å²) in [5, 5.41) is 9.57. The highest BCUT2D eigenvalue weighted by Crippen LogP contribution is 2.44. The largest absolute Gasteiger partial charge is 0.395 e. The highest BCUT2D eigenvalue weighted by Gasteiger charge is 2.46. The summed E-state index contributed by atoms with van der Waals surface area (Å²) in [6.45, 7) is 4.70. The number of hydrogen-bond donors (Lipinski definition) is 1. The molecule has 3 unspecified atom stereocenters. The minimum absolute atomic E-state index is 0.231. The molecule has 0 radical (unpaired) electrons. The fourth-order valence-electron chi connectivity index (χ4n) is 3.98. The zero-order chi connectivity index (χ0) is 11.9. The molecule has 2 saturated heterocycles. The average Bonchev–Trinajstić information content (AvgIpc) is 2.68. The number of hydrogen-bond acceptors (Lipinski definition) is 3. The van der Waals surface area contributed by atoms with E-state index in [0.29, 0.717) is 24.6 Å². The second-order valence-electron chi connectivity index (χ2n) is 6.29. The molecule has 1 aliphatic carbocycles. The van der Waals surface area contributed by atoms with Crippen molar-refractivity contribution in [3.63, 3.8) is 0 Å². The van der Waals surface area contributed by atoms with E-state index in [2.05, 4.69) is 11.8 Å². The maximum Gasteiger partial charge on any atom is 0.0697 e. The van der Waals surface area contributed by atoms with Gasteiger partial charge in [-0.05, 0) is 51.0 Å². The molecule has 3 rings (SSSR count). The quantitative estimate of drug-likeness (QED) is 0.797. The molecule has 0 bridgehead atoms. The van der Waals surface area contributed by atoms with Crippen LogP contribution >= 0.6 is 0 Å². The maximum absolute atomic E-state index is 9.57. The van der Waals surface area contributed by atoms with Crippen molar-refractivity contribution in [3.05, 3.63) is 0 Å². The van der Waals surface area contributed by atoms with E-state index >= 15 is 0 Å². The summed E-state index contributed by atoms with van der Waals surface area (Å²) in [5.41, 5.74) is 0.231. The van der Waals surface area contributed by atoms with Crippen LogP contribution in [0.3, 0.4) is 0 Å². The lowest BCUT2D eigenvalue weighted by Crippen LogP contribution is -2.54. The topological polar surface area (TPSA) is 32.7 Å². The number of ether oxygens (including phenoxy) is 1. The van der Waals surface area contributed by atoms with Gasteiger partial charge in [0.1, 0.15) is 0 Å². The molecule has 1 spiro atoms. The van der Waals surface area contributed by atoms with Crippen molar-refractivity contribution >= 4 is 0 Å². The number of aliphatic hydroxyl groups is 1. The van der Waals surface area contributed by atoms with Crippen molar-refractivity contribution in [3.8, 4) is 0 Å². The van der Waals surface area contributed by atoms with E-state index in [1.807, 2.05) is 0 Å². The summed E-state index contributed by atoms with van der Waals surface area (Å²) in [6.07, 6.45) is 7.47. The van der Waals surface area contributed by atoms with Crippen molar-refractivity contribution < 1.29 is 9.84 Å². The van der Waals surface area contributed by atoms with E-state index in [-0.39, 0.29) is 5.60 Å². The van der Waals surface area contributed by atoms with Gasteiger partial charge in [0.15, 0.2) is 0 Å². The summed E-state index contributed by atoms with van der Waals surface area (Å²) >= 11 is 0. The van der Waals surface area contributed by atoms with Gasteiger partial charge in [-0.1, -0.05) is 6.92 Å². The first-order chi connectivity index (χ1) is 8.24. The molecule has 3 fully saturated rings. The summed E-state index contributed by atoms with van der Waals surface area (Å²) in [4.78, 5) is 2.58. The molecule has 0 amide bonds. The van der Waals surface area contributed by atoms with Crippen LogP contribution in [-0.2, 0) is 4.74 Å². The first kappa shape index (κ1) is 11.9. The van der Waals surface area contributed by atoms with Gasteiger partial charge in [0.25, 0.3) is 0 Å². The Balaban J connectivity index is 1.67. The Morgan fingerprint density at radius 1 is 1.35 bits per heavy atom. The minimum Gasteiger partial charge on any atom is -0.395 e. The summed E-state index contributed by atoms with van der Waals surface area (Å²) in [7, 11) is 0. The van der Waals surface area contributed by atoms with Crippen LogP contribution in [0.1, 0.15) is 45.4 Å². The molecule has 3 atom stereocenters. The second-order valence-corrected chi connectivity index (χ2v) is 6.29. The van der Waals surface area contributed by atoms with E-state index < -0.39 is 0 Å². The smallest absolute Gasteiger partial charge is 0.0697 e. The Bertz CT molecular complexity index is 277. The van der Waals surface area contributed by atoms with Gasteiger partial charge < -0.3 is 9.84 Å². The van der Waals surface area contributed by atoms with Gasteiger partial charge in [0, 0.05) is 18.7 Å². The number of rotatable bonds is 2. The van der Waals surface area contributed by atoms with Crippen molar-refractivity contribution in [2.45, 2.75) is 63.1 Å². The molecular formula is C14H25NO2. The lowest BCUT2D eigenvalue weighted by Gasteiger charge is -2.50. The fraction of sp³-hybridized carbons (Fsp3) is 1.00. The van der Waals surface area contributed by atoms with Gasteiger partial charge >= 0.3 is 0 Å². The lowest BCUT2D eigenvalue weighted by molar-refractivity contribution is -0.151. The molecule has 3 nitrogen and oxygen atoms in total. The predicted octanol–water partition coefficient (Wildman–Crippen LogP) is 1.79. The van der Waals surface area contributed by atoms with Gasteiger partial charge in [-0.25, -0.2) is 0 Å². The van der Waals surface area contributed by atoms with Crippen molar-refractivity contribution in [1.82, 2.24) is 4.90 Å². The molecule has 17 heavy (non-hydrogen) atoms. The van der Waals surface area contributed by atoms with E-state index in [9.17, 15) is 5.11 Å². The minimum atomic E-state index is 0.231. The molecule has 0 aromatic carbocycles. The molecule has 3 heteroatoms. The molecule has 0 aromatic rings. The van der Waals surface area contributed by atoms with Crippen LogP contribution in [0.15, 0.2) is 0 Å². The third-order valence-electron chi connectivity index (χ3n) is 5.31. The maximum atomic E-state index is 9.57. The molecule has 1 saturated carbocycles. The third kappa shape index (κ3) is 2.02. The van der Waals surface area contributed by atoms with E-state index in [0.717, 1.165) is 13.0 Å².